The minimum absolute atomic E-state index is 0.182. The molecule has 9 heteroatoms. The van der Waals surface area contributed by atoms with Crippen molar-refractivity contribution in [3.05, 3.63) is 46.8 Å². The number of carbonyl (C=O) groups excluding carboxylic acids is 1. The molecule has 2 aromatic rings. The molecule has 1 aromatic carbocycles. The van der Waals surface area contributed by atoms with Crippen LogP contribution >= 0.6 is 0 Å². The predicted molar refractivity (Wildman–Crippen MR) is 104 cm³/mol. The summed E-state index contributed by atoms with van der Waals surface area (Å²) in [5.41, 5.74) is 0.737. The van der Waals surface area contributed by atoms with E-state index in [4.69, 9.17) is 4.74 Å². The van der Waals surface area contributed by atoms with Crippen molar-refractivity contribution in [1.82, 2.24) is 15.3 Å². The summed E-state index contributed by atoms with van der Waals surface area (Å²) in [5, 5.41) is 5.47. The number of ether oxygens (including phenoxy) is 1. The summed E-state index contributed by atoms with van der Waals surface area (Å²) >= 11 is 0. The summed E-state index contributed by atoms with van der Waals surface area (Å²) in [4.78, 5) is 20.3. The van der Waals surface area contributed by atoms with Gasteiger partial charge in [-0.1, -0.05) is 6.92 Å². The molecule has 0 radical (unpaired) electrons. The standard InChI is InChI=1S/C20H25F3N4O2/c1-6-16-13(11-25-18(28)29-19(3,4)5)10-24-17(27-16)26-15-8-12(2)7-14(9-15)20(21,22)23/h7-10H,6,11H2,1-5H3,(H,25,28)(H,24,26,27). The Morgan fingerprint density at radius 1 is 1.17 bits per heavy atom. The van der Waals surface area contributed by atoms with Crippen LogP contribution in [0.15, 0.2) is 24.4 Å². The number of nitrogens with one attached hydrogen (secondary N) is 2. The molecule has 0 unspecified atom stereocenters. The van der Waals surface area contributed by atoms with E-state index in [-0.39, 0.29) is 18.2 Å². The lowest BCUT2D eigenvalue weighted by atomic mass is 10.1. The lowest BCUT2D eigenvalue weighted by molar-refractivity contribution is -0.137. The van der Waals surface area contributed by atoms with Crippen LogP contribution < -0.4 is 10.6 Å². The Hall–Kier alpha value is -2.84. The summed E-state index contributed by atoms with van der Waals surface area (Å²) in [7, 11) is 0. The summed E-state index contributed by atoms with van der Waals surface area (Å²) in [5.74, 6) is 0.182. The second kappa shape index (κ2) is 8.67. The molecule has 2 N–H and O–H groups in total. The normalized spacial score (nSPS) is 11.9. The van der Waals surface area contributed by atoms with Gasteiger partial charge in [-0.2, -0.15) is 13.2 Å². The first-order valence-electron chi connectivity index (χ1n) is 9.15. The van der Waals surface area contributed by atoms with Crippen LogP contribution in [-0.4, -0.2) is 21.7 Å². The van der Waals surface area contributed by atoms with E-state index in [1.807, 2.05) is 6.92 Å². The highest BCUT2D eigenvalue weighted by atomic mass is 19.4. The predicted octanol–water partition coefficient (Wildman–Crippen LogP) is 5.13. The summed E-state index contributed by atoms with van der Waals surface area (Å²) in [6.07, 6.45) is -2.90. The quantitative estimate of drug-likeness (QED) is 0.714. The zero-order valence-electron chi connectivity index (χ0n) is 17.1. The van der Waals surface area contributed by atoms with Gasteiger partial charge in [0.15, 0.2) is 0 Å². The number of alkyl halides is 3. The van der Waals surface area contributed by atoms with Gasteiger partial charge in [0, 0.05) is 24.0 Å². The molecule has 0 saturated heterocycles. The molecule has 1 heterocycles. The zero-order chi connectivity index (χ0) is 21.8. The maximum Gasteiger partial charge on any atom is 0.416 e. The van der Waals surface area contributed by atoms with Crippen molar-refractivity contribution in [1.29, 1.82) is 0 Å². The highest BCUT2D eigenvalue weighted by Crippen LogP contribution is 2.32. The summed E-state index contributed by atoms with van der Waals surface area (Å²) in [6, 6.07) is 3.68. The van der Waals surface area contributed by atoms with E-state index in [0.29, 0.717) is 23.2 Å². The number of nitrogens with zero attached hydrogens (tertiary/aromatic N) is 2. The van der Waals surface area contributed by atoms with Gasteiger partial charge in [-0.3, -0.25) is 0 Å². The fourth-order valence-corrected chi connectivity index (χ4v) is 2.59. The first kappa shape index (κ1) is 22.4. The zero-order valence-corrected chi connectivity index (χ0v) is 17.1. The number of hydrogen-bond donors (Lipinski definition) is 2. The second-order valence-electron chi connectivity index (χ2n) is 7.59. The second-order valence-corrected chi connectivity index (χ2v) is 7.59. The van der Waals surface area contributed by atoms with Gasteiger partial charge in [0.1, 0.15) is 5.60 Å². The first-order valence-corrected chi connectivity index (χ1v) is 9.15. The number of carbonyl (C=O) groups is 1. The Kier molecular flexibility index (Phi) is 6.71. The highest BCUT2D eigenvalue weighted by Gasteiger charge is 2.31. The Morgan fingerprint density at radius 3 is 2.45 bits per heavy atom. The van der Waals surface area contributed by atoms with Gasteiger partial charge in [0.05, 0.1) is 11.3 Å². The number of anilines is 2. The third-order valence-electron chi connectivity index (χ3n) is 3.77. The van der Waals surface area contributed by atoms with Crippen molar-refractivity contribution in [3.8, 4) is 0 Å². The monoisotopic (exact) mass is 410 g/mol. The number of rotatable bonds is 5. The fourth-order valence-electron chi connectivity index (χ4n) is 2.59. The third kappa shape index (κ3) is 6.92. The van der Waals surface area contributed by atoms with Crippen LogP contribution in [0.1, 0.15) is 50.1 Å². The van der Waals surface area contributed by atoms with Crippen molar-refractivity contribution in [2.75, 3.05) is 5.32 Å². The number of halogens is 3. The largest absolute Gasteiger partial charge is 0.444 e. The van der Waals surface area contributed by atoms with Gasteiger partial charge in [0.2, 0.25) is 5.95 Å². The molecule has 0 atom stereocenters. The average molecular weight is 410 g/mol. The maximum atomic E-state index is 13.0. The molecule has 0 aliphatic rings. The molecule has 1 amide bonds. The molecule has 0 fully saturated rings. The van der Waals surface area contributed by atoms with Gasteiger partial charge in [-0.05, 0) is 57.9 Å². The van der Waals surface area contributed by atoms with Gasteiger partial charge in [-0.25, -0.2) is 14.8 Å². The Balaban J connectivity index is 2.15. The number of benzene rings is 1. The smallest absolute Gasteiger partial charge is 0.416 e. The lowest BCUT2D eigenvalue weighted by Gasteiger charge is -2.20. The molecule has 1 aromatic heterocycles. The molecule has 158 valence electrons. The number of aromatic nitrogens is 2. The van der Waals surface area contributed by atoms with Crippen LogP contribution in [0.3, 0.4) is 0 Å². The molecule has 0 spiro atoms. The van der Waals surface area contributed by atoms with Gasteiger partial charge in [0.25, 0.3) is 0 Å². The molecule has 0 aliphatic carbocycles. The topological polar surface area (TPSA) is 76.1 Å². The number of amides is 1. The molecule has 0 bridgehead atoms. The van der Waals surface area contributed by atoms with E-state index < -0.39 is 23.4 Å². The summed E-state index contributed by atoms with van der Waals surface area (Å²) < 4.78 is 44.2. The maximum absolute atomic E-state index is 13.0. The minimum Gasteiger partial charge on any atom is -0.444 e. The Bertz CT molecular complexity index is 877. The molecule has 6 nitrogen and oxygen atoms in total. The van der Waals surface area contributed by atoms with Crippen molar-refractivity contribution < 1.29 is 22.7 Å². The Labute approximate surface area is 167 Å². The van der Waals surface area contributed by atoms with Crippen molar-refractivity contribution in [2.24, 2.45) is 0 Å². The lowest BCUT2D eigenvalue weighted by Crippen LogP contribution is -2.32. The van der Waals surface area contributed by atoms with Crippen molar-refractivity contribution in [3.63, 3.8) is 0 Å². The molecule has 0 aliphatic heterocycles. The van der Waals surface area contributed by atoms with E-state index in [1.54, 1.807) is 33.8 Å². The number of alkyl carbamates (subject to hydrolysis) is 1. The van der Waals surface area contributed by atoms with Crippen LogP contribution in [-0.2, 0) is 23.9 Å². The van der Waals surface area contributed by atoms with E-state index in [0.717, 1.165) is 12.1 Å². The molecule has 2 rings (SSSR count). The van der Waals surface area contributed by atoms with Crippen LogP contribution in [0.25, 0.3) is 0 Å². The van der Waals surface area contributed by atoms with E-state index >= 15 is 0 Å². The van der Waals surface area contributed by atoms with Crippen LogP contribution in [0.5, 0.6) is 0 Å². The van der Waals surface area contributed by atoms with Crippen molar-refractivity contribution >= 4 is 17.7 Å². The van der Waals surface area contributed by atoms with Crippen LogP contribution in [0.2, 0.25) is 0 Å². The molecular formula is C20H25F3N4O2. The van der Waals surface area contributed by atoms with E-state index in [2.05, 4.69) is 20.6 Å². The minimum atomic E-state index is -4.44. The third-order valence-corrected chi connectivity index (χ3v) is 3.77. The average Bonchev–Trinajstić information content (AvgIpc) is 2.57. The van der Waals surface area contributed by atoms with Gasteiger partial charge in [-0.15, -0.1) is 0 Å². The number of hydrogen-bond acceptors (Lipinski definition) is 5. The SMILES string of the molecule is CCc1nc(Nc2cc(C)cc(C(F)(F)F)c2)ncc1CNC(=O)OC(C)(C)C. The van der Waals surface area contributed by atoms with E-state index in [1.165, 1.54) is 6.20 Å². The van der Waals surface area contributed by atoms with Gasteiger partial charge < -0.3 is 15.4 Å². The molecule has 29 heavy (non-hydrogen) atoms. The van der Waals surface area contributed by atoms with Crippen LogP contribution in [0, 0.1) is 6.92 Å². The number of aryl methyl sites for hydroxylation is 2. The van der Waals surface area contributed by atoms with Crippen LogP contribution in [0.4, 0.5) is 29.6 Å². The summed E-state index contributed by atoms with van der Waals surface area (Å²) in [6.45, 7) is 8.96. The van der Waals surface area contributed by atoms with E-state index in [9.17, 15) is 18.0 Å². The fraction of sp³-hybridized carbons (Fsp3) is 0.450. The first-order chi connectivity index (χ1) is 13.4. The highest BCUT2D eigenvalue weighted by molar-refractivity contribution is 5.67. The van der Waals surface area contributed by atoms with Gasteiger partial charge >= 0.3 is 12.3 Å². The molecule has 0 saturated carbocycles. The van der Waals surface area contributed by atoms with Crippen molar-refractivity contribution in [2.45, 2.75) is 59.4 Å². The Morgan fingerprint density at radius 2 is 1.86 bits per heavy atom. The molecular weight excluding hydrogens is 385 g/mol.